The van der Waals surface area contributed by atoms with Crippen LogP contribution >= 0.6 is 55.1 Å². The first kappa shape index (κ1) is 8.54. The van der Waals surface area contributed by atoms with E-state index in [0.29, 0.717) is 4.29 Å². The minimum absolute atomic E-state index is 0.460. The predicted octanol–water partition coefficient (Wildman–Crippen LogP) is 3.46. The molecule has 0 fully saturated rings. The van der Waals surface area contributed by atoms with E-state index in [9.17, 15) is 0 Å². The third-order valence-corrected chi connectivity index (χ3v) is 3.17. The summed E-state index contributed by atoms with van der Waals surface area (Å²) in [6, 6.07) is 0. The third-order valence-electron chi connectivity index (χ3n) is 0.332. The molecule has 0 aromatic carbocycles. The van der Waals surface area contributed by atoms with Gasteiger partial charge in [-0.1, -0.05) is 31.9 Å². The fourth-order valence-electron chi connectivity index (χ4n) is 0. The lowest BCUT2D eigenvalue weighted by molar-refractivity contribution is 1.11. The lowest BCUT2D eigenvalue weighted by Crippen LogP contribution is -2.06. The maximum Gasteiger partial charge on any atom is 0.159 e. The summed E-state index contributed by atoms with van der Waals surface area (Å²) < 4.78 is -0.157. The Morgan fingerprint density at radius 1 is 1.71 bits per heavy atom. The molecule has 4 heteroatoms. The van der Waals surface area contributed by atoms with Crippen molar-refractivity contribution in [2.45, 2.75) is 10.7 Å². The average molecular weight is 270 g/mol. The van der Waals surface area contributed by atoms with Crippen molar-refractivity contribution in [3.05, 3.63) is 4.29 Å². The maximum absolute atomic E-state index is 5.57. The Balaban J connectivity index is 3.54. The molecule has 0 nitrogen and oxygen atoms in total. The lowest BCUT2D eigenvalue weighted by Gasteiger charge is -2.11. The molecule has 0 aromatic heterocycles. The van der Waals surface area contributed by atoms with Crippen molar-refractivity contribution in [2.24, 2.45) is 0 Å². The third kappa shape index (κ3) is 4.07. The molecule has 43 valence electrons. The molecular formula is C3H3Br2Cl2. The smallest absolute Gasteiger partial charge is 0.104 e. The van der Waals surface area contributed by atoms with Gasteiger partial charge in [-0.15, -0.1) is 23.2 Å². The molecule has 1 unspecified atom stereocenters. The molecule has 1 atom stereocenters. The first-order chi connectivity index (χ1) is 2.94. The van der Waals surface area contributed by atoms with Crippen LogP contribution in [0.3, 0.4) is 0 Å². The van der Waals surface area contributed by atoms with Gasteiger partial charge in [0.25, 0.3) is 0 Å². The Labute approximate surface area is 69.8 Å². The largest absolute Gasteiger partial charge is 0.159 e. The Hall–Kier alpha value is 1.54. The average Bonchev–Trinajstić information content (AvgIpc) is 1.31. The molecule has 0 rings (SSSR count). The van der Waals surface area contributed by atoms with Gasteiger partial charge in [0.05, 0.1) is 0 Å². The van der Waals surface area contributed by atoms with Gasteiger partial charge in [-0.25, -0.2) is 0 Å². The van der Waals surface area contributed by atoms with Crippen molar-refractivity contribution in [1.82, 2.24) is 0 Å². The second-order valence-electron chi connectivity index (χ2n) is 1.15. The fourth-order valence-corrected chi connectivity index (χ4v) is 0. The van der Waals surface area contributed by atoms with E-state index in [-0.39, 0.29) is 0 Å². The number of hydrogen-bond donors (Lipinski definition) is 0. The van der Waals surface area contributed by atoms with Crippen molar-refractivity contribution in [3.8, 4) is 0 Å². The first-order valence-corrected chi connectivity index (χ1v) is 3.85. The van der Waals surface area contributed by atoms with Crippen LogP contribution in [0.15, 0.2) is 0 Å². The van der Waals surface area contributed by atoms with Gasteiger partial charge < -0.3 is 0 Å². The highest BCUT2D eigenvalue weighted by molar-refractivity contribution is 9.14. The first-order valence-electron chi connectivity index (χ1n) is 1.51. The monoisotopic (exact) mass is 267 g/mol. The van der Waals surface area contributed by atoms with E-state index >= 15 is 0 Å². The van der Waals surface area contributed by atoms with Crippen LogP contribution in [-0.2, 0) is 0 Å². The Bertz CT molecular complexity index is 56.4. The summed E-state index contributed by atoms with van der Waals surface area (Å²) in [7, 11) is 0. The summed E-state index contributed by atoms with van der Waals surface area (Å²) in [5, 5.41) is 0. The zero-order chi connectivity index (χ0) is 6.08. The van der Waals surface area contributed by atoms with Gasteiger partial charge in [-0.05, 0) is 6.92 Å². The highest BCUT2D eigenvalue weighted by atomic mass is 79.9. The van der Waals surface area contributed by atoms with Gasteiger partial charge in [-0.2, -0.15) is 0 Å². The minimum atomic E-state index is -0.617. The van der Waals surface area contributed by atoms with Crippen LogP contribution in [0.2, 0.25) is 0 Å². The summed E-state index contributed by atoms with van der Waals surface area (Å²) in [5.74, 6) is 0. The van der Waals surface area contributed by atoms with Crippen molar-refractivity contribution in [1.29, 1.82) is 0 Å². The minimum Gasteiger partial charge on any atom is -0.104 e. The molecular weight excluding hydrogens is 267 g/mol. The van der Waals surface area contributed by atoms with Crippen LogP contribution in [0.1, 0.15) is 6.92 Å². The van der Waals surface area contributed by atoms with Crippen LogP contribution in [0, 0.1) is 4.29 Å². The topological polar surface area (TPSA) is 0 Å². The Morgan fingerprint density at radius 3 is 1.86 bits per heavy atom. The van der Waals surface area contributed by atoms with Crippen molar-refractivity contribution >= 4 is 55.1 Å². The molecule has 0 N–H and O–H groups in total. The molecule has 0 aliphatic heterocycles. The van der Waals surface area contributed by atoms with E-state index in [1.807, 2.05) is 0 Å². The SMILES string of the molecule is CC(Cl)(Br)[C](Cl)Br. The molecule has 7 heavy (non-hydrogen) atoms. The van der Waals surface area contributed by atoms with Gasteiger partial charge in [-0.3, -0.25) is 0 Å². The zero-order valence-electron chi connectivity index (χ0n) is 3.51. The van der Waals surface area contributed by atoms with Crippen LogP contribution in [0.5, 0.6) is 0 Å². The second kappa shape index (κ2) is 2.90. The van der Waals surface area contributed by atoms with Gasteiger partial charge in [0.1, 0.15) is 3.78 Å². The molecule has 0 heterocycles. The standard InChI is InChI=1S/C3H3Br2Cl2/c1-3(5,7)2(4)6/h1H3. The van der Waals surface area contributed by atoms with Crippen molar-refractivity contribution in [3.63, 3.8) is 0 Å². The van der Waals surface area contributed by atoms with E-state index in [1.54, 1.807) is 6.92 Å². The molecule has 0 amide bonds. The molecule has 1 radical (unpaired) electrons. The second-order valence-corrected chi connectivity index (χ2v) is 5.57. The normalized spacial score (nSPS) is 19.7. The number of alkyl halides is 2. The fraction of sp³-hybridized carbons (Fsp3) is 0.667. The van der Waals surface area contributed by atoms with Gasteiger partial charge in [0.15, 0.2) is 4.29 Å². The van der Waals surface area contributed by atoms with Crippen LogP contribution in [0.4, 0.5) is 0 Å². The van der Waals surface area contributed by atoms with E-state index < -0.39 is 3.78 Å². The van der Waals surface area contributed by atoms with Gasteiger partial charge in [0, 0.05) is 0 Å². The molecule has 0 aliphatic carbocycles. The van der Waals surface area contributed by atoms with Gasteiger partial charge in [0.2, 0.25) is 0 Å². The summed E-state index contributed by atoms with van der Waals surface area (Å²) >= 11 is 17.1. The predicted molar refractivity (Wildman–Crippen MR) is 41.2 cm³/mol. The highest BCUT2D eigenvalue weighted by Gasteiger charge is 2.25. The van der Waals surface area contributed by atoms with E-state index in [2.05, 4.69) is 31.9 Å². The van der Waals surface area contributed by atoms with Crippen LogP contribution < -0.4 is 0 Å². The summed E-state index contributed by atoms with van der Waals surface area (Å²) in [4.78, 5) is 0. The number of rotatable bonds is 1. The molecule has 0 saturated heterocycles. The molecule has 0 bridgehead atoms. The van der Waals surface area contributed by atoms with Crippen molar-refractivity contribution in [2.75, 3.05) is 0 Å². The van der Waals surface area contributed by atoms with Crippen molar-refractivity contribution < 1.29 is 0 Å². The maximum atomic E-state index is 5.57. The molecule has 0 aliphatic rings. The van der Waals surface area contributed by atoms with Crippen LogP contribution in [-0.4, -0.2) is 3.78 Å². The lowest BCUT2D eigenvalue weighted by atomic mass is 10.6. The summed E-state index contributed by atoms with van der Waals surface area (Å²) in [6.07, 6.45) is 0. The zero-order valence-corrected chi connectivity index (χ0v) is 8.20. The number of halogens is 4. The van der Waals surface area contributed by atoms with Crippen LogP contribution in [0.25, 0.3) is 0 Å². The van der Waals surface area contributed by atoms with Gasteiger partial charge >= 0.3 is 0 Å². The Morgan fingerprint density at radius 2 is 1.86 bits per heavy atom. The van der Waals surface area contributed by atoms with E-state index in [0.717, 1.165) is 0 Å². The van der Waals surface area contributed by atoms with E-state index in [1.165, 1.54) is 0 Å². The summed E-state index contributed by atoms with van der Waals surface area (Å²) in [5.41, 5.74) is 0. The quantitative estimate of drug-likeness (QED) is 0.640. The molecule has 0 spiro atoms. The molecule has 0 saturated carbocycles. The highest BCUT2D eigenvalue weighted by Crippen LogP contribution is 2.40. The summed E-state index contributed by atoms with van der Waals surface area (Å²) in [6.45, 7) is 1.73. The Kier molecular flexibility index (Phi) is 3.54. The number of hydrogen-bond acceptors (Lipinski definition) is 0. The molecule has 0 aromatic rings. The van der Waals surface area contributed by atoms with E-state index in [4.69, 9.17) is 23.2 Å².